The molecule has 0 aromatic carbocycles. The van der Waals surface area contributed by atoms with Crippen LogP contribution in [0.5, 0.6) is 0 Å². The van der Waals surface area contributed by atoms with Crippen LogP contribution in [-0.4, -0.2) is 61.6 Å². The molecule has 0 aromatic rings. The Morgan fingerprint density at radius 3 is 2.54 bits per heavy atom. The molecule has 0 unspecified atom stereocenters. The lowest BCUT2D eigenvalue weighted by molar-refractivity contribution is -0.219. The van der Waals surface area contributed by atoms with Gasteiger partial charge < -0.3 is 24.4 Å². The summed E-state index contributed by atoms with van der Waals surface area (Å²) in [5.74, 6) is 0.579. The third kappa shape index (κ3) is 6.21. The van der Waals surface area contributed by atoms with Crippen LogP contribution in [0.1, 0.15) is 40.0 Å². The van der Waals surface area contributed by atoms with E-state index in [1.165, 1.54) is 5.57 Å². The first-order valence-corrected chi connectivity index (χ1v) is 9.88. The van der Waals surface area contributed by atoms with E-state index < -0.39 is 12.2 Å². The zero-order chi connectivity index (χ0) is 18.3. The summed E-state index contributed by atoms with van der Waals surface area (Å²) in [6.07, 6.45) is 0.978. The van der Waals surface area contributed by atoms with Crippen LogP contribution in [0.3, 0.4) is 0 Å². The molecule has 5 nitrogen and oxygen atoms in total. The van der Waals surface area contributed by atoms with E-state index in [1.54, 1.807) is 14.2 Å². The summed E-state index contributed by atoms with van der Waals surface area (Å²) in [7, 11) is 3.39. The molecule has 0 aliphatic carbocycles. The second kappa shape index (κ2) is 11.1. The molecule has 1 fully saturated rings. The molecule has 0 aromatic heterocycles. The average Bonchev–Trinajstić information content (AvgIpc) is 2.58. The van der Waals surface area contributed by atoms with Crippen molar-refractivity contribution in [2.75, 3.05) is 20.8 Å². The van der Waals surface area contributed by atoms with Crippen molar-refractivity contribution in [3.63, 3.8) is 0 Å². The molecular weight excluding hydrogens is 423 g/mol. The molecule has 0 amide bonds. The molecule has 0 radical (unpaired) electrons. The van der Waals surface area contributed by atoms with Crippen LogP contribution in [0.15, 0.2) is 9.66 Å². The van der Waals surface area contributed by atoms with Gasteiger partial charge in [-0.1, -0.05) is 42.0 Å². The first-order valence-electron chi connectivity index (χ1n) is 8.63. The monoisotopic (exact) mass is 456 g/mol. The summed E-state index contributed by atoms with van der Waals surface area (Å²) >= 11 is 2.27. The summed E-state index contributed by atoms with van der Waals surface area (Å²) in [5.41, 5.74) is 1.35. The molecule has 7 atom stereocenters. The lowest BCUT2D eigenvalue weighted by Crippen LogP contribution is -2.54. The number of hydrogen-bond donors (Lipinski definition) is 2. The Labute approximate surface area is 159 Å². The standard InChI is InChI=1S/C18H33IO5/c1-11(6-12(2)9-19)7-15(22-4)18-16(23-5)8-13(3)17(24-18)14(21)10-20/h9,11,13-18,20-21H,6-8,10H2,1-5H3/b12-9+/t11-,13+,14-,15-,16-,17+,18+/m0/s1. The Morgan fingerprint density at radius 1 is 1.38 bits per heavy atom. The molecule has 142 valence electrons. The van der Waals surface area contributed by atoms with Gasteiger partial charge in [0, 0.05) is 14.2 Å². The van der Waals surface area contributed by atoms with E-state index in [4.69, 9.17) is 14.2 Å². The number of hydrogen-bond acceptors (Lipinski definition) is 5. The van der Waals surface area contributed by atoms with Crippen molar-refractivity contribution in [3.05, 3.63) is 9.66 Å². The third-order valence-electron chi connectivity index (χ3n) is 4.88. The highest BCUT2D eigenvalue weighted by atomic mass is 127. The van der Waals surface area contributed by atoms with E-state index in [1.807, 2.05) is 6.92 Å². The number of aliphatic hydroxyl groups excluding tert-OH is 2. The van der Waals surface area contributed by atoms with Crippen LogP contribution in [0.4, 0.5) is 0 Å². The molecule has 0 bridgehead atoms. The molecule has 6 heteroatoms. The highest BCUT2D eigenvalue weighted by molar-refractivity contribution is 14.1. The van der Waals surface area contributed by atoms with Gasteiger partial charge in [-0.2, -0.15) is 0 Å². The number of rotatable bonds is 9. The molecular formula is C18H33IO5. The molecule has 1 aliphatic rings. The summed E-state index contributed by atoms with van der Waals surface area (Å²) < 4.78 is 19.7. The zero-order valence-corrected chi connectivity index (χ0v) is 17.6. The highest BCUT2D eigenvalue weighted by Crippen LogP contribution is 2.33. The summed E-state index contributed by atoms with van der Waals surface area (Å²) in [4.78, 5) is 0. The SMILES string of the molecule is CO[C@@H](C[C@@H](C)C/C(C)=C/I)[C@H]1O[C@@H]([C@@H](O)CO)[C@H](C)C[C@@H]1OC. The Hall–Kier alpha value is 0.270. The average molecular weight is 456 g/mol. The van der Waals surface area contributed by atoms with Gasteiger partial charge in [0.25, 0.3) is 0 Å². The van der Waals surface area contributed by atoms with Crippen LogP contribution >= 0.6 is 22.6 Å². The first kappa shape index (κ1) is 22.3. The van der Waals surface area contributed by atoms with Gasteiger partial charge in [-0.15, -0.1) is 0 Å². The van der Waals surface area contributed by atoms with E-state index in [0.717, 1.165) is 19.3 Å². The quantitative estimate of drug-likeness (QED) is 0.523. The molecule has 0 saturated carbocycles. The third-order valence-corrected chi connectivity index (χ3v) is 5.94. The van der Waals surface area contributed by atoms with E-state index >= 15 is 0 Å². The van der Waals surface area contributed by atoms with Gasteiger partial charge in [-0.25, -0.2) is 0 Å². The topological polar surface area (TPSA) is 68.2 Å². The second-order valence-electron chi connectivity index (χ2n) is 7.08. The molecule has 24 heavy (non-hydrogen) atoms. The van der Waals surface area contributed by atoms with Crippen molar-refractivity contribution in [2.45, 2.75) is 70.6 Å². The maximum atomic E-state index is 10.1. The minimum absolute atomic E-state index is 0.0690. The normalized spacial score (nSPS) is 32.4. The minimum Gasteiger partial charge on any atom is -0.394 e. The van der Waals surface area contributed by atoms with E-state index in [0.29, 0.717) is 5.92 Å². The fourth-order valence-corrected chi connectivity index (χ4v) is 3.86. The molecule has 1 rings (SSSR count). The fourth-order valence-electron chi connectivity index (χ4n) is 3.61. The van der Waals surface area contributed by atoms with Gasteiger partial charge in [0.05, 0.1) is 24.9 Å². The maximum Gasteiger partial charge on any atom is 0.110 e. The van der Waals surface area contributed by atoms with Crippen LogP contribution in [-0.2, 0) is 14.2 Å². The maximum absolute atomic E-state index is 10.1. The zero-order valence-electron chi connectivity index (χ0n) is 15.4. The highest BCUT2D eigenvalue weighted by Gasteiger charge is 2.43. The molecule has 2 N–H and O–H groups in total. The predicted octanol–water partition coefficient (Wildman–Crippen LogP) is 2.92. The Morgan fingerprint density at radius 2 is 2.04 bits per heavy atom. The fraction of sp³-hybridized carbons (Fsp3) is 0.889. The molecule has 1 heterocycles. The van der Waals surface area contributed by atoms with Crippen molar-refractivity contribution in [2.24, 2.45) is 11.8 Å². The number of ether oxygens (including phenoxy) is 3. The van der Waals surface area contributed by atoms with E-state index in [-0.39, 0.29) is 30.8 Å². The van der Waals surface area contributed by atoms with Gasteiger partial charge in [-0.05, 0) is 42.1 Å². The Balaban J connectivity index is 2.82. The van der Waals surface area contributed by atoms with Crippen molar-refractivity contribution in [1.29, 1.82) is 0 Å². The van der Waals surface area contributed by atoms with Crippen LogP contribution in [0.2, 0.25) is 0 Å². The smallest absolute Gasteiger partial charge is 0.110 e. The van der Waals surface area contributed by atoms with Crippen molar-refractivity contribution < 1.29 is 24.4 Å². The van der Waals surface area contributed by atoms with Gasteiger partial charge in [0.15, 0.2) is 0 Å². The molecule has 1 aliphatic heterocycles. The van der Waals surface area contributed by atoms with Gasteiger partial charge in [0.1, 0.15) is 12.2 Å². The predicted molar refractivity (Wildman–Crippen MR) is 103 cm³/mol. The second-order valence-corrected chi connectivity index (χ2v) is 7.70. The Kier molecular flexibility index (Phi) is 10.3. The molecule has 0 spiro atoms. The number of allylic oxidation sites excluding steroid dienone is 1. The Bertz CT molecular complexity index is 390. The van der Waals surface area contributed by atoms with Crippen molar-refractivity contribution in [1.82, 2.24) is 0 Å². The first-order chi connectivity index (χ1) is 11.4. The lowest BCUT2D eigenvalue weighted by atomic mass is 9.84. The summed E-state index contributed by atoms with van der Waals surface area (Å²) in [6, 6.07) is 0. The van der Waals surface area contributed by atoms with E-state index in [9.17, 15) is 10.2 Å². The lowest BCUT2D eigenvalue weighted by Gasteiger charge is -2.44. The van der Waals surface area contributed by atoms with Crippen LogP contribution in [0, 0.1) is 11.8 Å². The van der Waals surface area contributed by atoms with Gasteiger partial charge >= 0.3 is 0 Å². The molecule has 1 saturated heterocycles. The van der Waals surface area contributed by atoms with Crippen LogP contribution < -0.4 is 0 Å². The summed E-state index contributed by atoms with van der Waals surface area (Å²) in [5, 5.41) is 19.3. The summed E-state index contributed by atoms with van der Waals surface area (Å²) in [6.45, 7) is 6.07. The van der Waals surface area contributed by atoms with Crippen molar-refractivity contribution in [3.8, 4) is 0 Å². The van der Waals surface area contributed by atoms with Gasteiger partial charge in [-0.3, -0.25) is 0 Å². The minimum atomic E-state index is -0.876. The largest absolute Gasteiger partial charge is 0.394 e. The van der Waals surface area contributed by atoms with Gasteiger partial charge in [0.2, 0.25) is 0 Å². The van der Waals surface area contributed by atoms with E-state index in [2.05, 4.69) is 40.5 Å². The number of halogens is 1. The number of aliphatic hydroxyl groups is 2. The van der Waals surface area contributed by atoms with Crippen LogP contribution in [0.25, 0.3) is 0 Å². The number of methoxy groups -OCH3 is 2. The van der Waals surface area contributed by atoms with Crippen molar-refractivity contribution >= 4 is 22.6 Å².